The van der Waals surface area contributed by atoms with E-state index in [-0.39, 0.29) is 11.9 Å². The van der Waals surface area contributed by atoms with E-state index in [4.69, 9.17) is 4.42 Å². The van der Waals surface area contributed by atoms with Crippen molar-refractivity contribution >= 4 is 5.91 Å². The fourth-order valence-electron chi connectivity index (χ4n) is 3.38. The maximum absolute atomic E-state index is 13.1. The highest BCUT2D eigenvalue weighted by atomic mass is 16.3. The first-order valence-corrected chi connectivity index (χ1v) is 8.90. The van der Waals surface area contributed by atoms with Crippen LogP contribution in [0, 0.1) is 0 Å². The van der Waals surface area contributed by atoms with Gasteiger partial charge in [-0.15, -0.1) is 0 Å². The molecule has 6 nitrogen and oxygen atoms in total. The molecule has 0 N–H and O–H groups in total. The van der Waals surface area contributed by atoms with Crippen molar-refractivity contribution in [1.82, 2.24) is 19.9 Å². The lowest BCUT2D eigenvalue weighted by Crippen LogP contribution is -2.34. The molecule has 0 aliphatic carbocycles. The first-order chi connectivity index (χ1) is 12.8. The third-order valence-electron chi connectivity index (χ3n) is 4.72. The number of hydrogen-bond donors (Lipinski definition) is 0. The number of rotatable bonds is 3. The number of carbonyl (C=O) groups excluding carboxylic acids is 1. The number of amides is 1. The highest BCUT2D eigenvalue weighted by Crippen LogP contribution is 2.31. The van der Waals surface area contributed by atoms with E-state index in [0.717, 1.165) is 43.6 Å². The van der Waals surface area contributed by atoms with Crippen molar-refractivity contribution in [2.24, 2.45) is 0 Å². The Kier molecular flexibility index (Phi) is 4.73. The Morgan fingerprint density at radius 3 is 2.62 bits per heavy atom. The van der Waals surface area contributed by atoms with Gasteiger partial charge in [0.05, 0.1) is 17.9 Å². The van der Waals surface area contributed by atoms with Crippen molar-refractivity contribution < 1.29 is 9.21 Å². The SMILES string of the molecule is O=C(c1cnc(-c2ccncc2)nc1)N1CCCCCC1c1ccco1. The van der Waals surface area contributed by atoms with Crippen LogP contribution in [0.15, 0.2) is 59.7 Å². The largest absolute Gasteiger partial charge is 0.467 e. The molecule has 0 radical (unpaired) electrons. The minimum atomic E-state index is -0.0467. The lowest BCUT2D eigenvalue weighted by molar-refractivity contribution is 0.0657. The van der Waals surface area contributed by atoms with Crippen LogP contribution < -0.4 is 0 Å². The summed E-state index contributed by atoms with van der Waals surface area (Å²) < 4.78 is 5.59. The van der Waals surface area contributed by atoms with Gasteiger partial charge in [-0.2, -0.15) is 0 Å². The van der Waals surface area contributed by atoms with Crippen molar-refractivity contribution in [1.29, 1.82) is 0 Å². The van der Waals surface area contributed by atoms with Gasteiger partial charge >= 0.3 is 0 Å². The Morgan fingerprint density at radius 2 is 1.88 bits per heavy atom. The smallest absolute Gasteiger partial charge is 0.257 e. The number of hydrogen-bond acceptors (Lipinski definition) is 5. The molecule has 3 aromatic heterocycles. The lowest BCUT2D eigenvalue weighted by Gasteiger charge is -2.28. The molecule has 6 heteroatoms. The van der Waals surface area contributed by atoms with Gasteiger partial charge < -0.3 is 9.32 Å². The van der Waals surface area contributed by atoms with Crippen LogP contribution in [0.1, 0.15) is 47.8 Å². The van der Waals surface area contributed by atoms with E-state index in [1.807, 2.05) is 29.2 Å². The Morgan fingerprint density at radius 1 is 1.08 bits per heavy atom. The summed E-state index contributed by atoms with van der Waals surface area (Å²) >= 11 is 0. The molecule has 0 bridgehead atoms. The zero-order valence-corrected chi connectivity index (χ0v) is 14.4. The van der Waals surface area contributed by atoms with E-state index < -0.39 is 0 Å². The Balaban J connectivity index is 1.59. The molecule has 1 aliphatic heterocycles. The Bertz CT molecular complexity index is 847. The predicted octanol–water partition coefficient (Wildman–Crippen LogP) is 3.89. The second-order valence-electron chi connectivity index (χ2n) is 6.41. The molecule has 3 aromatic rings. The van der Waals surface area contributed by atoms with Crippen LogP contribution in [0.25, 0.3) is 11.4 Å². The Labute approximate surface area is 151 Å². The maximum Gasteiger partial charge on any atom is 0.257 e. The number of furan rings is 1. The summed E-state index contributed by atoms with van der Waals surface area (Å²) in [7, 11) is 0. The Hall–Kier alpha value is -3.02. The normalized spacial score (nSPS) is 17.7. The zero-order chi connectivity index (χ0) is 17.8. The first-order valence-electron chi connectivity index (χ1n) is 8.90. The summed E-state index contributed by atoms with van der Waals surface area (Å²) in [5, 5.41) is 0. The predicted molar refractivity (Wildman–Crippen MR) is 96.2 cm³/mol. The van der Waals surface area contributed by atoms with Gasteiger partial charge in [0.15, 0.2) is 5.82 Å². The molecule has 1 fully saturated rings. The monoisotopic (exact) mass is 348 g/mol. The fraction of sp³-hybridized carbons (Fsp3) is 0.300. The second kappa shape index (κ2) is 7.47. The standard InChI is InChI=1S/C20H20N4O2/c25-20(16-13-22-19(23-14-16)15-7-9-21-10-8-15)24-11-3-1-2-5-17(24)18-6-4-12-26-18/h4,6-10,12-14,17H,1-3,5,11H2. The lowest BCUT2D eigenvalue weighted by atomic mass is 10.1. The van der Waals surface area contributed by atoms with Gasteiger partial charge in [0.1, 0.15) is 5.76 Å². The fourth-order valence-corrected chi connectivity index (χ4v) is 3.38. The van der Waals surface area contributed by atoms with E-state index in [9.17, 15) is 4.79 Å². The molecule has 4 heterocycles. The zero-order valence-electron chi connectivity index (χ0n) is 14.4. The summed E-state index contributed by atoms with van der Waals surface area (Å²) in [6.45, 7) is 0.719. The van der Waals surface area contributed by atoms with Crippen molar-refractivity contribution in [2.45, 2.75) is 31.7 Å². The minimum Gasteiger partial charge on any atom is -0.467 e. The number of pyridine rings is 1. The third kappa shape index (κ3) is 3.35. The van der Waals surface area contributed by atoms with Crippen LogP contribution in [0.4, 0.5) is 0 Å². The quantitative estimate of drug-likeness (QED) is 0.718. The topological polar surface area (TPSA) is 72.1 Å². The summed E-state index contributed by atoms with van der Waals surface area (Å²) in [6.07, 6.45) is 12.4. The molecule has 4 rings (SSSR count). The highest BCUT2D eigenvalue weighted by molar-refractivity contribution is 5.94. The first kappa shape index (κ1) is 16.4. The van der Waals surface area contributed by atoms with Crippen LogP contribution in [0.3, 0.4) is 0 Å². The average Bonchev–Trinajstić information content (AvgIpc) is 3.13. The van der Waals surface area contributed by atoms with Crippen LogP contribution in [0.5, 0.6) is 0 Å². The van der Waals surface area contributed by atoms with E-state index in [1.54, 1.807) is 31.1 Å². The molecule has 0 spiro atoms. The highest BCUT2D eigenvalue weighted by Gasteiger charge is 2.29. The molecule has 1 atom stereocenters. The van der Waals surface area contributed by atoms with Crippen molar-refractivity contribution in [3.63, 3.8) is 0 Å². The van der Waals surface area contributed by atoms with Gasteiger partial charge in [0, 0.05) is 36.9 Å². The molecule has 1 aliphatic rings. The van der Waals surface area contributed by atoms with Crippen LogP contribution in [0.2, 0.25) is 0 Å². The van der Waals surface area contributed by atoms with E-state index in [0.29, 0.717) is 11.4 Å². The second-order valence-corrected chi connectivity index (χ2v) is 6.41. The van der Waals surface area contributed by atoms with Crippen LogP contribution >= 0.6 is 0 Å². The van der Waals surface area contributed by atoms with E-state index in [2.05, 4.69) is 15.0 Å². The summed E-state index contributed by atoms with van der Waals surface area (Å²) in [5.74, 6) is 1.38. The third-order valence-corrected chi connectivity index (χ3v) is 4.72. The van der Waals surface area contributed by atoms with Crippen LogP contribution in [-0.2, 0) is 0 Å². The summed E-state index contributed by atoms with van der Waals surface area (Å²) in [5.41, 5.74) is 1.38. The molecule has 1 saturated heterocycles. The molecule has 132 valence electrons. The molecule has 1 unspecified atom stereocenters. The van der Waals surface area contributed by atoms with Gasteiger partial charge in [-0.3, -0.25) is 9.78 Å². The van der Waals surface area contributed by atoms with Crippen LogP contribution in [-0.4, -0.2) is 32.3 Å². The van der Waals surface area contributed by atoms with Gasteiger partial charge in [-0.05, 0) is 37.1 Å². The molecule has 26 heavy (non-hydrogen) atoms. The number of likely N-dealkylation sites (tertiary alicyclic amines) is 1. The molecule has 1 amide bonds. The molecule has 0 saturated carbocycles. The van der Waals surface area contributed by atoms with Gasteiger partial charge in [0.25, 0.3) is 5.91 Å². The average molecular weight is 348 g/mol. The van der Waals surface area contributed by atoms with Crippen molar-refractivity contribution in [3.05, 3.63) is 66.6 Å². The van der Waals surface area contributed by atoms with Gasteiger partial charge in [-0.25, -0.2) is 9.97 Å². The number of aromatic nitrogens is 3. The maximum atomic E-state index is 13.1. The van der Waals surface area contributed by atoms with E-state index >= 15 is 0 Å². The number of nitrogens with zero attached hydrogens (tertiary/aromatic N) is 4. The van der Waals surface area contributed by atoms with Crippen molar-refractivity contribution in [3.8, 4) is 11.4 Å². The summed E-state index contributed by atoms with van der Waals surface area (Å²) in [4.78, 5) is 27.7. The number of carbonyl (C=O) groups is 1. The molecule has 0 aromatic carbocycles. The summed E-state index contributed by atoms with van der Waals surface area (Å²) in [6, 6.07) is 7.48. The van der Waals surface area contributed by atoms with E-state index in [1.165, 1.54) is 0 Å². The van der Waals surface area contributed by atoms with Gasteiger partial charge in [-0.1, -0.05) is 12.8 Å². The minimum absolute atomic E-state index is 0.0279. The molecular formula is C20H20N4O2. The molecular weight excluding hydrogens is 328 g/mol. The van der Waals surface area contributed by atoms with Crippen molar-refractivity contribution in [2.75, 3.05) is 6.54 Å². The van der Waals surface area contributed by atoms with Gasteiger partial charge in [0.2, 0.25) is 0 Å².